The molecule has 0 saturated carbocycles. The first-order chi connectivity index (χ1) is 11.3. The Morgan fingerprint density at radius 2 is 1.75 bits per heavy atom. The van der Waals surface area contributed by atoms with Crippen LogP contribution >= 0.6 is 0 Å². The highest BCUT2D eigenvalue weighted by Crippen LogP contribution is 2.22. The quantitative estimate of drug-likeness (QED) is 0.848. The minimum absolute atomic E-state index is 0.110. The van der Waals surface area contributed by atoms with Crippen molar-refractivity contribution in [1.82, 2.24) is 23.6 Å². The minimum Gasteiger partial charge on any atom is -0.318 e. The van der Waals surface area contributed by atoms with Crippen LogP contribution in [0.5, 0.6) is 0 Å². The highest BCUT2D eigenvalue weighted by Gasteiger charge is 2.23. The first-order valence-corrected chi connectivity index (χ1v) is 8.70. The number of imidazole rings is 1. The zero-order valence-corrected chi connectivity index (χ0v) is 15.2. The molecule has 1 saturated heterocycles. The predicted molar refractivity (Wildman–Crippen MR) is 94.3 cm³/mol. The third-order valence-corrected chi connectivity index (χ3v) is 5.12. The summed E-state index contributed by atoms with van der Waals surface area (Å²) in [7, 11) is 3.20. The van der Waals surface area contributed by atoms with Crippen molar-refractivity contribution >= 4 is 11.2 Å². The Balaban J connectivity index is 2.13. The maximum atomic E-state index is 12.7. The van der Waals surface area contributed by atoms with Gasteiger partial charge < -0.3 is 4.57 Å². The number of aryl methyl sites for hydroxylation is 1. The number of rotatable bonds is 3. The molecular formula is C17H27N5O2. The molecule has 3 heterocycles. The van der Waals surface area contributed by atoms with Crippen molar-refractivity contribution in [2.75, 3.05) is 13.1 Å². The molecule has 24 heavy (non-hydrogen) atoms. The fourth-order valence-corrected chi connectivity index (χ4v) is 3.55. The number of hydrogen-bond acceptors (Lipinski definition) is 4. The van der Waals surface area contributed by atoms with Crippen molar-refractivity contribution in [3.05, 3.63) is 26.7 Å². The van der Waals surface area contributed by atoms with Crippen molar-refractivity contribution in [3.8, 4) is 0 Å². The second kappa shape index (κ2) is 6.20. The Labute approximate surface area is 141 Å². The van der Waals surface area contributed by atoms with Gasteiger partial charge in [0.05, 0.1) is 6.54 Å². The highest BCUT2D eigenvalue weighted by atomic mass is 16.2. The van der Waals surface area contributed by atoms with Gasteiger partial charge in [-0.25, -0.2) is 9.78 Å². The highest BCUT2D eigenvalue weighted by molar-refractivity contribution is 5.71. The Morgan fingerprint density at radius 1 is 1.12 bits per heavy atom. The van der Waals surface area contributed by atoms with Gasteiger partial charge >= 0.3 is 5.69 Å². The summed E-state index contributed by atoms with van der Waals surface area (Å²) >= 11 is 0. The van der Waals surface area contributed by atoms with Crippen molar-refractivity contribution in [2.24, 2.45) is 20.0 Å². The summed E-state index contributed by atoms with van der Waals surface area (Å²) in [6, 6.07) is 0.110. The van der Waals surface area contributed by atoms with E-state index >= 15 is 0 Å². The second-order valence-electron chi connectivity index (χ2n) is 7.33. The fraction of sp³-hybridized carbons (Fsp3) is 0.706. The van der Waals surface area contributed by atoms with Crippen LogP contribution in [0, 0.1) is 5.92 Å². The van der Waals surface area contributed by atoms with Gasteiger partial charge in [-0.15, -0.1) is 0 Å². The summed E-state index contributed by atoms with van der Waals surface area (Å²) < 4.78 is 4.63. The number of likely N-dealkylation sites (tertiary alicyclic amines) is 1. The van der Waals surface area contributed by atoms with E-state index in [-0.39, 0.29) is 17.3 Å². The predicted octanol–water partition coefficient (Wildman–Crippen LogP) is 1.25. The molecule has 0 unspecified atom stereocenters. The molecule has 1 aliphatic heterocycles. The Morgan fingerprint density at radius 3 is 2.33 bits per heavy atom. The molecule has 0 N–H and O–H groups in total. The molecule has 0 aromatic carbocycles. The van der Waals surface area contributed by atoms with E-state index in [1.54, 1.807) is 7.05 Å². The molecule has 132 valence electrons. The lowest BCUT2D eigenvalue weighted by Crippen LogP contribution is -2.37. The molecule has 2 aromatic heterocycles. The molecule has 0 amide bonds. The van der Waals surface area contributed by atoms with E-state index in [4.69, 9.17) is 0 Å². The fourth-order valence-electron chi connectivity index (χ4n) is 3.55. The lowest BCUT2D eigenvalue weighted by molar-refractivity contribution is 0.179. The van der Waals surface area contributed by atoms with Crippen LogP contribution in [0.2, 0.25) is 0 Å². The molecule has 1 fully saturated rings. The van der Waals surface area contributed by atoms with E-state index in [1.165, 1.54) is 24.5 Å². The van der Waals surface area contributed by atoms with Gasteiger partial charge in [0.2, 0.25) is 0 Å². The lowest BCUT2D eigenvalue weighted by Gasteiger charge is -2.30. The Kier molecular flexibility index (Phi) is 4.38. The van der Waals surface area contributed by atoms with E-state index in [9.17, 15) is 9.59 Å². The first kappa shape index (κ1) is 17.0. The van der Waals surface area contributed by atoms with Crippen molar-refractivity contribution in [1.29, 1.82) is 0 Å². The van der Waals surface area contributed by atoms with Crippen LogP contribution in [0.15, 0.2) is 9.59 Å². The Hall–Kier alpha value is -1.89. The van der Waals surface area contributed by atoms with Crippen LogP contribution < -0.4 is 11.2 Å². The van der Waals surface area contributed by atoms with Crippen molar-refractivity contribution in [3.63, 3.8) is 0 Å². The number of nitrogens with zero attached hydrogens (tertiary/aromatic N) is 5. The molecule has 0 radical (unpaired) electrons. The zero-order valence-electron chi connectivity index (χ0n) is 15.2. The molecule has 0 bridgehead atoms. The number of aromatic nitrogens is 4. The van der Waals surface area contributed by atoms with Crippen LogP contribution in [0.1, 0.15) is 45.5 Å². The first-order valence-electron chi connectivity index (χ1n) is 8.70. The van der Waals surface area contributed by atoms with Gasteiger partial charge in [-0.3, -0.25) is 18.8 Å². The van der Waals surface area contributed by atoms with E-state index < -0.39 is 0 Å². The van der Waals surface area contributed by atoms with Crippen LogP contribution in [0.25, 0.3) is 11.2 Å². The summed E-state index contributed by atoms with van der Waals surface area (Å²) in [5, 5.41) is 0. The van der Waals surface area contributed by atoms with Gasteiger partial charge in [0.15, 0.2) is 11.2 Å². The van der Waals surface area contributed by atoms with E-state index in [2.05, 4.69) is 16.8 Å². The standard InChI is InChI=1S/C17H27N5O2/c1-11(2)22-13(10-21-8-6-12(3)7-9-21)18-15-14(22)16(23)20(5)17(24)19(15)4/h11-12H,6-10H2,1-5H3. The number of hydrogen-bond donors (Lipinski definition) is 0. The van der Waals surface area contributed by atoms with Crippen LogP contribution in [0.4, 0.5) is 0 Å². The third-order valence-electron chi connectivity index (χ3n) is 5.12. The second-order valence-corrected chi connectivity index (χ2v) is 7.33. The van der Waals surface area contributed by atoms with Gasteiger partial charge in [0.1, 0.15) is 5.82 Å². The average Bonchev–Trinajstić information content (AvgIpc) is 2.92. The third kappa shape index (κ3) is 2.70. The molecule has 1 aliphatic rings. The summed E-state index contributed by atoms with van der Waals surface area (Å²) in [6.45, 7) is 9.22. The monoisotopic (exact) mass is 333 g/mol. The number of piperidine rings is 1. The topological polar surface area (TPSA) is 65.1 Å². The molecule has 7 nitrogen and oxygen atoms in total. The van der Waals surface area contributed by atoms with Crippen LogP contribution in [0.3, 0.4) is 0 Å². The van der Waals surface area contributed by atoms with E-state index in [0.29, 0.717) is 11.2 Å². The molecule has 0 spiro atoms. The van der Waals surface area contributed by atoms with Crippen molar-refractivity contribution < 1.29 is 0 Å². The van der Waals surface area contributed by atoms with Gasteiger partial charge in [-0.05, 0) is 45.7 Å². The zero-order chi connectivity index (χ0) is 17.6. The van der Waals surface area contributed by atoms with Crippen molar-refractivity contribution in [2.45, 2.75) is 46.2 Å². The Bertz CT molecular complexity index is 866. The smallest absolute Gasteiger partial charge is 0.318 e. The van der Waals surface area contributed by atoms with Gasteiger partial charge in [-0.1, -0.05) is 6.92 Å². The molecule has 0 aliphatic carbocycles. The van der Waals surface area contributed by atoms with Gasteiger partial charge in [0, 0.05) is 20.1 Å². The summed E-state index contributed by atoms with van der Waals surface area (Å²) in [6.07, 6.45) is 2.39. The maximum Gasteiger partial charge on any atom is 0.332 e. The largest absolute Gasteiger partial charge is 0.332 e. The molecule has 2 aromatic rings. The normalized spacial score (nSPS) is 17.2. The van der Waals surface area contributed by atoms with E-state index in [1.807, 2.05) is 18.4 Å². The van der Waals surface area contributed by atoms with Gasteiger partial charge in [0.25, 0.3) is 5.56 Å². The van der Waals surface area contributed by atoms with Crippen LogP contribution in [-0.2, 0) is 20.6 Å². The SMILES string of the molecule is CC1CCN(Cc2nc3c(c(=O)n(C)c(=O)n3C)n2C(C)C)CC1. The molecule has 3 rings (SSSR count). The molecular weight excluding hydrogens is 306 g/mol. The lowest BCUT2D eigenvalue weighted by atomic mass is 9.99. The van der Waals surface area contributed by atoms with E-state index in [0.717, 1.165) is 35.9 Å². The van der Waals surface area contributed by atoms with Gasteiger partial charge in [-0.2, -0.15) is 0 Å². The summed E-state index contributed by atoms with van der Waals surface area (Å²) in [4.78, 5) is 31.9. The average molecular weight is 333 g/mol. The summed E-state index contributed by atoms with van der Waals surface area (Å²) in [5.74, 6) is 1.64. The molecule has 7 heteroatoms. The number of fused-ring (bicyclic) bond motifs is 1. The maximum absolute atomic E-state index is 12.7. The summed E-state index contributed by atoms with van der Waals surface area (Å²) in [5.41, 5.74) is 0.402. The molecule has 0 atom stereocenters. The van der Waals surface area contributed by atoms with Crippen LogP contribution in [-0.4, -0.2) is 36.7 Å². The minimum atomic E-state index is -0.334.